The van der Waals surface area contributed by atoms with Crippen LogP contribution in [0.5, 0.6) is 0 Å². The number of guanidine groups is 1. The first-order chi connectivity index (χ1) is 7.35. The second-order valence-electron chi connectivity index (χ2n) is 4.65. The molecule has 0 radical (unpaired) electrons. The summed E-state index contributed by atoms with van der Waals surface area (Å²) in [5.74, 6) is 0.976. The zero-order valence-electron chi connectivity index (χ0n) is 9.51. The van der Waals surface area contributed by atoms with Crippen molar-refractivity contribution in [1.82, 2.24) is 10.6 Å². The number of rotatable bonds is 4. The molecule has 86 valence electrons. The summed E-state index contributed by atoms with van der Waals surface area (Å²) in [5.41, 5.74) is 0.371. The molecule has 15 heavy (non-hydrogen) atoms. The molecule has 1 fully saturated rings. The maximum atomic E-state index is 5.29. The van der Waals surface area contributed by atoms with Crippen LogP contribution < -0.4 is 10.6 Å². The fourth-order valence-electron chi connectivity index (χ4n) is 2.28. The summed E-state index contributed by atoms with van der Waals surface area (Å²) in [6.45, 7) is 3.86. The summed E-state index contributed by atoms with van der Waals surface area (Å²) in [4.78, 5) is 4.40. The smallest absolute Gasteiger partial charge is 0.191 e. The molecule has 1 saturated carbocycles. The number of hydrogen-bond acceptors (Lipinski definition) is 4. The third-order valence-electron chi connectivity index (χ3n) is 3.39. The van der Waals surface area contributed by atoms with Gasteiger partial charge in [-0.3, -0.25) is 4.99 Å². The summed E-state index contributed by atoms with van der Waals surface area (Å²) in [6.07, 6.45) is 5.04. The molecule has 2 aliphatic rings. The molecule has 0 saturated heterocycles. The topological polar surface area (TPSA) is 45.6 Å². The molecule has 4 heteroatoms. The third kappa shape index (κ3) is 2.62. The van der Waals surface area contributed by atoms with Gasteiger partial charge in [-0.25, -0.2) is 0 Å². The second-order valence-corrected chi connectivity index (χ2v) is 4.65. The van der Waals surface area contributed by atoms with E-state index in [9.17, 15) is 0 Å². The Kier molecular flexibility index (Phi) is 3.46. The molecular formula is C11H21N3O. The average molecular weight is 211 g/mol. The van der Waals surface area contributed by atoms with Crippen LogP contribution >= 0.6 is 0 Å². The molecule has 0 bridgehead atoms. The molecule has 4 nitrogen and oxygen atoms in total. The van der Waals surface area contributed by atoms with E-state index in [1.165, 1.54) is 19.3 Å². The van der Waals surface area contributed by atoms with Crippen molar-refractivity contribution in [2.45, 2.75) is 25.7 Å². The number of nitrogens with one attached hydrogen (secondary N) is 2. The number of hydrogen-bond donors (Lipinski definition) is 2. The van der Waals surface area contributed by atoms with Crippen LogP contribution in [0.3, 0.4) is 0 Å². The molecule has 0 atom stereocenters. The van der Waals surface area contributed by atoms with Crippen LogP contribution in [-0.2, 0) is 4.74 Å². The Balaban J connectivity index is 1.78. The van der Waals surface area contributed by atoms with Crippen LogP contribution in [0, 0.1) is 5.41 Å². The van der Waals surface area contributed by atoms with E-state index in [0.717, 1.165) is 38.6 Å². The Morgan fingerprint density at radius 2 is 2.33 bits per heavy atom. The minimum absolute atomic E-state index is 0.371. The van der Waals surface area contributed by atoms with Gasteiger partial charge >= 0.3 is 0 Å². The third-order valence-corrected chi connectivity index (χ3v) is 3.39. The first-order valence-electron chi connectivity index (χ1n) is 5.86. The summed E-state index contributed by atoms with van der Waals surface area (Å²) in [6, 6.07) is 0. The largest absolute Gasteiger partial charge is 0.384 e. The summed E-state index contributed by atoms with van der Waals surface area (Å²) < 4.78 is 5.29. The number of ether oxygens (including phenoxy) is 1. The molecule has 2 N–H and O–H groups in total. The highest BCUT2D eigenvalue weighted by atomic mass is 16.5. The van der Waals surface area contributed by atoms with Crippen LogP contribution in [0.25, 0.3) is 0 Å². The van der Waals surface area contributed by atoms with Gasteiger partial charge in [-0.05, 0) is 19.3 Å². The van der Waals surface area contributed by atoms with Crippen LogP contribution in [-0.4, -0.2) is 39.3 Å². The molecule has 0 amide bonds. The first kappa shape index (κ1) is 10.7. The lowest BCUT2D eigenvalue weighted by molar-refractivity contribution is 0.0212. The van der Waals surface area contributed by atoms with Gasteiger partial charge in [-0.1, -0.05) is 6.42 Å². The summed E-state index contributed by atoms with van der Waals surface area (Å²) in [7, 11) is 1.79. The Labute approximate surface area is 91.5 Å². The van der Waals surface area contributed by atoms with Gasteiger partial charge in [-0.2, -0.15) is 0 Å². The molecule has 1 aliphatic carbocycles. The molecule has 0 unspecified atom stereocenters. The van der Waals surface area contributed by atoms with E-state index in [-0.39, 0.29) is 0 Å². The Hall–Kier alpha value is -0.770. The zero-order chi connectivity index (χ0) is 10.6. The fraction of sp³-hybridized carbons (Fsp3) is 0.909. The predicted molar refractivity (Wildman–Crippen MR) is 61.1 cm³/mol. The van der Waals surface area contributed by atoms with Gasteiger partial charge in [0.25, 0.3) is 0 Å². The van der Waals surface area contributed by atoms with E-state index in [1.54, 1.807) is 7.11 Å². The van der Waals surface area contributed by atoms with Gasteiger partial charge in [0.05, 0.1) is 6.61 Å². The maximum absolute atomic E-state index is 5.29. The summed E-state index contributed by atoms with van der Waals surface area (Å²) >= 11 is 0. The van der Waals surface area contributed by atoms with Gasteiger partial charge in [0.1, 0.15) is 0 Å². The van der Waals surface area contributed by atoms with E-state index in [2.05, 4.69) is 15.6 Å². The first-order valence-corrected chi connectivity index (χ1v) is 5.86. The highest BCUT2D eigenvalue weighted by molar-refractivity contribution is 5.80. The highest BCUT2D eigenvalue weighted by Gasteiger charge is 2.37. The van der Waals surface area contributed by atoms with Crippen molar-refractivity contribution in [3.8, 4) is 0 Å². The van der Waals surface area contributed by atoms with Crippen LogP contribution in [0.1, 0.15) is 25.7 Å². The van der Waals surface area contributed by atoms with Crippen molar-refractivity contribution in [2.75, 3.05) is 33.4 Å². The average Bonchev–Trinajstić information content (AvgIpc) is 2.23. The van der Waals surface area contributed by atoms with Crippen LogP contribution in [0.4, 0.5) is 0 Å². The molecule has 0 aromatic rings. The lowest BCUT2D eigenvalue weighted by Crippen LogP contribution is -2.49. The minimum Gasteiger partial charge on any atom is -0.384 e. The van der Waals surface area contributed by atoms with Crippen molar-refractivity contribution < 1.29 is 4.74 Å². The van der Waals surface area contributed by atoms with E-state index in [0.29, 0.717) is 5.41 Å². The van der Waals surface area contributed by atoms with Gasteiger partial charge < -0.3 is 15.4 Å². The molecule has 1 aliphatic heterocycles. The molecule has 2 rings (SSSR count). The van der Waals surface area contributed by atoms with E-state index >= 15 is 0 Å². The maximum Gasteiger partial charge on any atom is 0.191 e. The lowest BCUT2D eigenvalue weighted by atomic mass is 9.69. The predicted octanol–water partition coefficient (Wildman–Crippen LogP) is 0.742. The van der Waals surface area contributed by atoms with Crippen molar-refractivity contribution in [3.05, 3.63) is 0 Å². The molecule has 0 aromatic heterocycles. The zero-order valence-corrected chi connectivity index (χ0v) is 9.51. The van der Waals surface area contributed by atoms with E-state index in [1.807, 2.05) is 0 Å². The van der Waals surface area contributed by atoms with Gasteiger partial charge in [-0.15, -0.1) is 0 Å². The van der Waals surface area contributed by atoms with Crippen molar-refractivity contribution in [1.29, 1.82) is 0 Å². The normalized spacial score (nSPS) is 23.7. The van der Waals surface area contributed by atoms with Crippen molar-refractivity contribution in [3.63, 3.8) is 0 Å². The number of methoxy groups -OCH3 is 1. The van der Waals surface area contributed by atoms with E-state index < -0.39 is 0 Å². The number of nitrogens with zero attached hydrogens (tertiary/aromatic N) is 1. The quantitative estimate of drug-likeness (QED) is 0.721. The second kappa shape index (κ2) is 4.84. The standard InChI is InChI=1S/C11H21N3O/c1-15-9-11(4-2-5-11)8-14-10-12-6-3-7-13-10/h2-9H2,1H3,(H2,12,13,14). The van der Waals surface area contributed by atoms with Gasteiger partial charge in [0, 0.05) is 32.2 Å². The van der Waals surface area contributed by atoms with E-state index in [4.69, 9.17) is 4.74 Å². The fourth-order valence-corrected chi connectivity index (χ4v) is 2.28. The SMILES string of the molecule is COCC1(CNC2=NCCCN2)CCC1. The van der Waals surface area contributed by atoms with Crippen molar-refractivity contribution >= 4 is 5.96 Å². The van der Waals surface area contributed by atoms with Crippen LogP contribution in [0.15, 0.2) is 4.99 Å². The molecule has 1 heterocycles. The van der Waals surface area contributed by atoms with Gasteiger partial charge in [0.2, 0.25) is 0 Å². The Bertz CT molecular complexity index is 236. The highest BCUT2D eigenvalue weighted by Crippen LogP contribution is 2.40. The Morgan fingerprint density at radius 3 is 2.87 bits per heavy atom. The molecule has 0 spiro atoms. The molecular weight excluding hydrogens is 190 g/mol. The molecule has 0 aromatic carbocycles. The minimum atomic E-state index is 0.371. The number of aliphatic imine (C=N–C) groups is 1. The monoisotopic (exact) mass is 211 g/mol. The van der Waals surface area contributed by atoms with Crippen LogP contribution in [0.2, 0.25) is 0 Å². The Morgan fingerprint density at radius 1 is 1.47 bits per heavy atom. The summed E-state index contributed by atoms with van der Waals surface area (Å²) in [5, 5.41) is 6.69. The van der Waals surface area contributed by atoms with Gasteiger partial charge in [0.15, 0.2) is 5.96 Å². The lowest BCUT2D eigenvalue weighted by Gasteiger charge is -2.41. The van der Waals surface area contributed by atoms with Crippen molar-refractivity contribution in [2.24, 2.45) is 10.4 Å².